The van der Waals surface area contributed by atoms with E-state index in [0.717, 1.165) is 10.9 Å². The number of hydrogen-bond acceptors (Lipinski definition) is 4. The first-order valence-corrected chi connectivity index (χ1v) is 7.86. The van der Waals surface area contributed by atoms with Gasteiger partial charge in [-0.05, 0) is 23.8 Å². The molecule has 0 atom stereocenters. The molecule has 3 N–H and O–H groups in total. The molecule has 1 aromatic heterocycles. The van der Waals surface area contributed by atoms with Crippen LogP contribution < -0.4 is 10.5 Å². The van der Waals surface area contributed by atoms with E-state index in [2.05, 4.69) is 4.98 Å². The summed E-state index contributed by atoms with van der Waals surface area (Å²) in [5.41, 5.74) is 6.73. The van der Waals surface area contributed by atoms with Gasteiger partial charge in [-0.15, -0.1) is 0 Å². The first-order valence-electron chi connectivity index (χ1n) is 7.48. The third-order valence-electron chi connectivity index (χ3n) is 3.50. The Kier molecular flexibility index (Phi) is 4.90. The first kappa shape index (κ1) is 16.9. The van der Waals surface area contributed by atoms with Crippen molar-refractivity contribution in [2.75, 3.05) is 6.61 Å². The van der Waals surface area contributed by atoms with Crippen molar-refractivity contribution < 1.29 is 19.1 Å². The summed E-state index contributed by atoms with van der Waals surface area (Å²) in [5, 5.41) is 1.09. The fourth-order valence-corrected chi connectivity index (χ4v) is 2.64. The summed E-state index contributed by atoms with van der Waals surface area (Å²) >= 11 is 6.23. The number of para-hydroxylation sites is 1. The minimum atomic E-state index is -0.565. The zero-order chi connectivity index (χ0) is 17.8. The second kappa shape index (κ2) is 7.27. The largest absolute Gasteiger partial charge is 0.484 e. The molecule has 1 heterocycles. The maximum atomic E-state index is 12.3. The van der Waals surface area contributed by atoms with Crippen LogP contribution in [0, 0.1) is 0 Å². The number of hydrogen-bond donors (Lipinski definition) is 2. The van der Waals surface area contributed by atoms with Gasteiger partial charge in [0, 0.05) is 10.9 Å². The Bertz CT molecular complexity index is 936. The Morgan fingerprint density at radius 3 is 2.68 bits per heavy atom. The Morgan fingerprint density at radius 2 is 1.92 bits per heavy atom. The number of carbonyl (C=O) groups excluding carboxylic acids is 2. The summed E-state index contributed by atoms with van der Waals surface area (Å²) in [6.45, 7) is -0.174. The van der Waals surface area contributed by atoms with Crippen LogP contribution in [0.15, 0.2) is 48.5 Å². The molecule has 0 aliphatic heterocycles. The minimum Gasteiger partial charge on any atom is -0.484 e. The third kappa shape index (κ3) is 3.92. The maximum absolute atomic E-state index is 12.3. The molecule has 3 aromatic rings. The van der Waals surface area contributed by atoms with Gasteiger partial charge < -0.3 is 20.2 Å². The van der Waals surface area contributed by atoms with Gasteiger partial charge in [-0.3, -0.25) is 4.79 Å². The maximum Gasteiger partial charge on any atom is 0.356 e. The molecule has 0 bridgehead atoms. The van der Waals surface area contributed by atoms with E-state index in [-0.39, 0.29) is 18.9 Å². The lowest BCUT2D eigenvalue weighted by Gasteiger charge is -2.07. The number of rotatable bonds is 6. The normalized spacial score (nSPS) is 10.6. The number of amides is 1. The van der Waals surface area contributed by atoms with Gasteiger partial charge in [0.05, 0.1) is 5.02 Å². The summed E-state index contributed by atoms with van der Waals surface area (Å²) in [7, 11) is 0. The molecule has 0 aliphatic rings. The van der Waals surface area contributed by atoms with E-state index >= 15 is 0 Å². The zero-order valence-corrected chi connectivity index (χ0v) is 13.9. The Hall–Kier alpha value is -2.99. The van der Waals surface area contributed by atoms with Gasteiger partial charge in [0.1, 0.15) is 18.1 Å². The number of ether oxygens (including phenoxy) is 2. The minimum absolute atomic E-state index is 0.0400. The summed E-state index contributed by atoms with van der Waals surface area (Å²) < 4.78 is 10.5. The molecule has 25 heavy (non-hydrogen) atoms. The SMILES string of the molecule is NC(=O)COc1cccc(COC(=O)c2[nH]c3ccccc3c2Cl)c1. The van der Waals surface area contributed by atoms with Crippen molar-refractivity contribution in [2.45, 2.75) is 6.61 Å². The summed E-state index contributed by atoms with van der Waals surface area (Å²) in [4.78, 5) is 26.0. The number of carbonyl (C=O) groups is 2. The van der Waals surface area contributed by atoms with Crippen molar-refractivity contribution in [3.63, 3.8) is 0 Å². The number of nitrogens with one attached hydrogen (secondary N) is 1. The number of esters is 1. The number of aromatic nitrogens is 1. The molecule has 1 amide bonds. The molecule has 128 valence electrons. The molecule has 0 radical (unpaired) electrons. The highest BCUT2D eigenvalue weighted by Crippen LogP contribution is 2.27. The van der Waals surface area contributed by atoms with Crippen molar-refractivity contribution in [3.05, 3.63) is 64.8 Å². The molecule has 7 heteroatoms. The molecule has 0 unspecified atom stereocenters. The van der Waals surface area contributed by atoms with Crippen LogP contribution in [0.3, 0.4) is 0 Å². The average Bonchev–Trinajstić information content (AvgIpc) is 2.95. The third-order valence-corrected chi connectivity index (χ3v) is 3.89. The van der Waals surface area contributed by atoms with E-state index in [0.29, 0.717) is 16.3 Å². The number of H-pyrrole nitrogens is 1. The molecule has 3 rings (SSSR count). The van der Waals surface area contributed by atoms with Crippen LogP contribution in [0.2, 0.25) is 5.02 Å². The Balaban J connectivity index is 1.68. The number of aromatic amines is 1. The van der Waals surface area contributed by atoms with E-state index in [1.165, 1.54) is 0 Å². The Labute approximate surface area is 148 Å². The van der Waals surface area contributed by atoms with Gasteiger partial charge in [0.2, 0.25) is 0 Å². The highest BCUT2D eigenvalue weighted by molar-refractivity contribution is 6.38. The molecule has 2 aromatic carbocycles. The predicted octanol–water partition coefficient (Wildman–Crippen LogP) is 3.04. The molecule has 0 aliphatic carbocycles. The number of primary amides is 1. The first-order chi connectivity index (χ1) is 12.0. The number of nitrogens with two attached hydrogens (primary N) is 1. The molecule has 0 fully saturated rings. The molecule has 6 nitrogen and oxygen atoms in total. The van der Waals surface area contributed by atoms with Crippen LogP contribution in [-0.2, 0) is 16.1 Å². The van der Waals surface area contributed by atoms with Crippen molar-refractivity contribution in [1.82, 2.24) is 4.98 Å². The number of benzene rings is 2. The van der Waals surface area contributed by atoms with Crippen LogP contribution in [0.1, 0.15) is 16.1 Å². The molecule has 0 saturated carbocycles. The number of fused-ring (bicyclic) bond motifs is 1. The summed E-state index contributed by atoms with van der Waals surface area (Å²) in [5.74, 6) is -0.647. The van der Waals surface area contributed by atoms with E-state index in [4.69, 9.17) is 26.8 Å². The second-order valence-corrected chi connectivity index (χ2v) is 5.72. The second-order valence-electron chi connectivity index (χ2n) is 5.34. The lowest BCUT2D eigenvalue weighted by atomic mass is 10.2. The van der Waals surface area contributed by atoms with E-state index < -0.39 is 11.9 Å². The van der Waals surface area contributed by atoms with E-state index in [1.54, 1.807) is 24.3 Å². The van der Waals surface area contributed by atoms with Gasteiger partial charge in [-0.2, -0.15) is 0 Å². The lowest BCUT2D eigenvalue weighted by molar-refractivity contribution is -0.119. The lowest BCUT2D eigenvalue weighted by Crippen LogP contribution is -2.20. The fourth-order valence-electron chi connectivity index (χ4n) is 2.35. The standard InChI is InChI=1S/C18H15ClN2O4/c19-16-13-6-1-2-7-14(13)21-17(16)18(23)25-9-11-4-3-5-12(8-11)24-10-15(20)22/h1-8,21H,9-10H2,(H2,20,22). The van der Waals surface area contributed by atoms with Crippen LogP contribution in [0.4, 0.5) is 0 Å². The highest BCUT2D eigenvalue weighted by Gasteiger charge is 2.17. The van der Waals surface area contributed by atoms with E-state index in [1.807, 2.05) is 24.3 Å². The van der Waals surface area contributed by atoms with Crippen LogP contribution in [-0.4, -0.2) is 23.5 Å². The smallest absolute Gasteiger partial charge is 0.356 e. The zero-order valence-electron chi connectivity index (χ0n) is 13.1. The van der Waals surface area contributed by atoms with E-state index in [9.17, 15) is 9.59 Å². The Morgan fingerprint density at radius 1 is 1.12 bits per heavy atom. The summed E-state index contributed by atoms with van der Waals surface area (Å²) in [6, 6.07) is 14.2. The van der Waals surface area contributed by atoms with Crippen molar-refractivity contribution in [1.29, 1.82) is 0 Å². The topological polar surface area (TPSA) is 94.4 Å². The molecular formula is C18H15ClN2O4. The van der Waals surface area contributed by atoms with Crippen molar-refractivity contribution in [2.24, 2.45) is 5.73 Å². The predicted molar refractivity (Wildman–Crippen MR) is 93.6 cm³/mol. The molecule has 0 saturated heterocycles. The van der Waals surface area contributed by atoms with Gasteiger partial charge in [-0.1, -0.05) is 41.9 Å². The van der Waals surface area contributed by atoms with Gasteiger partial charge in [-0.25, -0.2) is 4.79 Å². The molecular weight excluding hydrogens is 344 g/mol. The van der Waals surface area contributed by atoms with Crippen LogP contribution in [0.5, 0.6) is 5.75 Å². The van der Waals surface area contributed by atoms with Gasteiger partial charge in [0.15, 0.2) is 6.61 Å². The fraction of sp³-hybridized carbons (Fsp3) is 0.111. The van der Waals surface area contributed by atoms with Crippen molar-refractivity contribution >= 4 is 34.4 Å². The van der Waals surface area contributed by atoms with Gasteiger partial charge in [0.25, 0.3) is 5.91 Å². The molecule has 0 spiro atoms. The van der Waals surface area contributed by atoms with Crippen LogP contribution >= 0.6 is 11.6 Å². The number of halogens is 1. The highest BCUT2D eigenvalue weighted by atomic mass is 35.5. The van der Waals surface area contributed by atoms with Crippen LogP contribution in [0.25, 0.3) is 10.9 Å². The summed E-state index contributed by atoms with van der Waals surface area (Å²) in [6.07, 6.45) is 0. The monoisotopic (exact) mass is 358 g/mol. The van der Waals surface area contributed by atoms with Gasteiger partial charge >= 0.3 is 5.97 Å². The average molecular weight is 359 g/mol. The quantitative estimate of drug-likeness (QED) is 0.662. The van der Waals surface area contributed by atoms with Crippen molar-refractivity contribution in [3.8, 4) is 5.75 Å².